The molecule has 1 aromatic heterocycles. The molecule has 3 nitrogen and oxygen atoms in total. The summed E-state index contributed by atoms with van der Waals surface area (Å²) in [4.78, 5) is 10.1. The summed E-state index contributed by atoms with van der Waals surface area (Å²) in [7, 11) is 0. The topological polar surface area (TPSA) is 29.0 Å². The van der Waals surface area contributed by atoms with Crippen molar-refractivity contribution in [3.05, 3.63) is 23.8 Å². The minimum Gasteiger partial charge on any atom is -0.287 e. The highest BCUT2D eigenvalue weighted by atomic mass is 19.3. The van der Waals surface area contributed by atoms with E-state index in [0.29, 0.717) is 25.3 Å². The summed E-state index contributed by atoms with van der Waals surface area (Å²) in [5.74, 6) is 0.632. The van der Waals surface area contributed by atoms with Crippen LogP contribution in [0, 0.1) is 6.92 Å². The molecule has 2 rings (SSSR count). The molecule has 0 bridgehead atoms. The van der Waals surface area contributed by atoms with Gasteiger partial charge in [0.05, 0.1) is 12.6 Å². The predicted molar refractivity (Wildman–Crippen MR) is 56.2 cm³/mol. The van der Waals surface area contributed by atoms with Gasteiger partial charge >= 0.3 is 0 Å². The number of hydrogen-bond acceptors (Lipinski definition) is 3. The quantitative estimate of drug-likeness (QED) is 0.791. The van der Waals surface area contributed by atoms with Crippen LogP contribution < -0.4 is 0 Å². The lowest BCUT2D eigenvalue weighted by atomic mass is 10.2. The number of alkyl halides is 2. The molecule has 1 fully saturated rings. The van der Waals surface area contributed by atoms with Crippen LogP contribution in [-0.4, -0.2) is 33.9 Å². The van der Waals surface area contributed by atoms with Crippen molar-refractivity contribution in [2.45, 2.75) is 38.8 Å². The van der Waals surface area contributed by atoms with Gasteiger partial charge in [-0.15, -0.1) is 0 Å². The number of likely N-dealkylation sites (tertiary alicyclic amines) is 1. The van der Waals surface area contributed by atoms with E-state index in [1.165, 1.54) is 0 Å². The van der Waals surface area contributed by atoms with Crippen LogP contribution in [0.5, 0.6) is 0 Å². The van der Waals surface area contributed by atoms with Crippen LogP contribution in [0.4, 0.5) is 8.78 Å². The van der Waals surface area contributed by atoms with Gasteiger partial charge < -0.3 is 0 Å². The summed E-state index contributed by atoms with van der Waals surface area (Å²) in [6, 6.07) is 1.18. The van der Waals surface area contributed by atoms with Gasteiger partial charge in [-0.1, -0.05) is 0 Å². The molecule has 1 atom stereocenters. The lowest BCUT2D eigenvalue weighted by Crippen LogP contribution is -2.35. The maximum atomic E-state index is 12.7. The zero-order chi connectivity index (χ0) is 11.5. The third kappa shape index (κ3) is 2.52. The van der Waals surface area contributed by atoms with Gasteiger partial charge in [-0.25, -0.2) is 18.7 Å². The molecule has 0 spiro atoms. The van der Waals surface area contributed by atoms with Crippen LogP contribution in [0.15, 0.2) is 12.3 Å². The molecule has 0 aliphatic carbocycles. The maximum absolute atomic E-state index is 12.7. The SMILES string of the molecule is Cc1ccnc(CN2CCC[C@@H]2C(F)F)n1. The standard InChI is InChI=1S/C11H15F2N3/c1-8-4-5-14-10(15-8)7-16-6-2-3-9(16)11(12)13/h4-5,9,11H,2-3,6-7H2,1H3/t9-/m1/s1. The van der Waals surface area contributed by atoms with Gasteiger partial charge in [0.2, 0.25) is 0 Å². The highest BCUT2D eigenvalue weighted by molar-refractivity contribution is 5.00. The van der Waals surface area contributed by atoms with E-state index in [2.05, 4.69) is 9.97 Å². The summed E-state index contributed by atoms with van der Waals surface area (Å²) in [5.41, 5.74) is 0.873. The first-order chi connectivity index (χ1) is 7.66. The van der Waals surface area contributed by atoms with E-state index in [1.54, 1.807) is 17.2 Å². The molecular formula is C11H15F2N3. The maximum Gasteiger partial charge on any atom is 0.253 e. The van der Waals surface area contributed by atoms with Crippen molar-refractivity contribution in [3.8, 4) is 0 Å². The molecule has 1 saturated heterocycles. The van der Waals surface area contributed by atoms with Gasteiger partial charge in [0.1, 0.15) is 5.82 Å². The monoisotopic (exact) mass is 227 g/mol. The van der Waals surface area contributed by atoms with Crippen molar-refractivity contribution >= 4 is 0 Å². The van der Waals surface area contributed by atoms with Crippen LogP contribution in [0.25, 0.3) is 0 Å². The van der Waals surface area contributed by atoms with E-state index in [-0.39, 0.29) is 0 Å². The normalized spacial score (nSPS) is 21.9. The molecule has 0 unspecified atom stereocenters. The third-order valence-electron chi connectivity index (χ3n) is 2.89. The molecule has 1 aromatic rings. The van der Waals surface area contributed by atoms with Gasteiger partial charge in [0.25, 0.3) is 6.43 Å². The van der Waals surface area contributed by atoms with Gasteiger partial charge in [0, 0.05) is 11.9 Å². The number of halogens is 2. The van der Waals surface area contributed by atoms with Crippen LogP contribution in [0.1, 0.15) is 24.4 Å². The second-order valence-electron chi connectivity index (χ2n) is 4.13. The van der Waals surface area contributed by atoms with E-state index in [1.807, 2.05) is 6.92 Å². The Bertz CT molecular complexity index is 357. The zero-order valence-electron chi connectivity index (χ0n) is 9.24. The second kappa shape index (κ2) is 4.82. The van der Waals surface area contributed by atoms with Crippen LogP contribution in [0.3, 0.4) is 0 Å². The summed E-state index contributed by atoms with van der Waals surface area (Å²) >= 11 is 0. The molecular weight excluding hydrogens is 212 g/mol. The Kier molecular flexibility index (Phi) is 3.43. The predicted octanol–water partition coefficient (Wildman–Crippen LogP) is 2.01. The van der Waals surface area contributed by atoms with Crippen molar-refractivity contribution < 1.29 is 8.78 Å². The van der Waals surface area contributed by atoms with Crippen molar-refractivity contribution in [3.63, 3.8) is 0 Å². The molecule has 88 valence electrons. The molecule has 16 heavy (non-hydrogen) atoms. The highest BCUT2D eigenvalue weighted by Crippen LogP contribution is 2.23. The van der Waals surface area contributed by atoms with Gasteiger partial charge in [-0.05, 0) is 32.4 Å². The molecule has 0 amide bonds. The number of aromatic nitrogens is 2. The van der Waals surface area contributed by atoms with E-state index < -0.39 is 12.5 Å². The Hall–Kier alpha value is -1.10. The van der Waals surface area contributed by atoms with Crippen molar-refractivity contribution in [1.82, 2.24) is 14.9 Å². The third-order valence-corrected chi connectivity index (χ3v) is 2.89. The average molecular weight is 227 g/mol. The Balaban J connectivity index is 2.04. The van der Waals surface area contributed by atoms with Crippen molar-refractivity contribution in [1.29, 1.82) is 0 Å². The minimum absolute atomic E-state index is 0.427. The summed E-state index contributed by atoms with van der Waals surface area (Å²) in [6.45, 7) is 3.02. The average Bonchev–Trinajstić information content (AvgIpc) is 2.66. The molecule has 5 heteroatoms. The van der Waals surface area contributed by atoms with E-state index in [9.17, 15) is 8.78 Å². The second-order valence-corrected chi connectivity index (χ2v) is 4.13. The minimum atomic E-state index is -2.27. The van der Waals surface area contributed by atoms with Crippen molar-refractivity contribution in [2.24, 2.45) is 0 Å². The fraction of sp³-hybridized carbons (Fsp3) is 0.636. The van der Waals surface area contributed by atoms with Crippen LogP contribution >= 0.6 is 0 Å². The Morgan fingerprint density at radius 1 is 1.56 bits per heavy atom. The molecule has 1 aliphatic rings. The first kappa shape index (κ1) is 11.4. The lowest BCUT2D eigenvalue weighted by Gasteiger charge is -2.22. The fourth-order valence-electron chi connectivity index (χ4n) is 2.09. The lowest BCUT2D eigenvalue weighted by molar-refractivity contribution is 0.0429. The Morgan fingerprint density at radius 3 is 3.06 bits per heavy atom. The molecule has 0 saturated carbocycles. The molecule has 0 radical (unpaired) electrons. The molecule has 1 aliphatic heterocycles. The van der Waals surface area contributed by atoms with Crippen LogP contribution in [0.2, 0.25) is 0 Å². The van der Waals surface area contributed by atoms with E-state index >= 15 is 0 Å². The first-order valence-corrected chi connectivity index (χ1v) is 5.47. The largest absolute Gasteiger partial charge is 0.287 e. The van der Waals surface area contributed by atoms with Gasteiger partial charge in [0.15, 0.2) is 0 Å². The van der Waals surface area contributed by atoms with Crippen LogP contribution in [-0.2, 0) is 6.54 Å². The Labute approximate surface area is 93.5 Å². The number of aryl methyl sites for hydroxylation is 1. The number of hydrogen-bond donors (Lipinski definition) is 0. The highest BCUT2D eigenvalue weighted by Gasteiger charge is 2.32. The fourth-order valence-corrected chi connectivity index (χ4v) is 2.09. The summed E-state index contributed by atoms with van der Waals surface area (Å²) in [6.07, 6.45) is 0.808. The van der Waals surface area contributed by atoms with Gasteiger partial charge in [-0.3, -0.25) is 4.90 Å². The Morgan fingerprint density at radius 2 is 2.38 bits per heavy atom. The van der Waals surface area contributed by atoms with Crippen molar-refractivity contribution in [2.75, 3.05) is 6.54 Å². The molecule has 0 N–H and O–H groups in total. The number of rotatable bonds is 3. The zero-order valence-corrected chi connectivity index (χ0v) is 9.24. The summed E-state index contributed by atoms with van der Waals surface area (Å²) < 4.78 is 25.4. The smallest absolute Gasteiger partial charge is 0.253 e. The molecule has 2 heterocycles. The van der Waals surface area contributed by atoms with E-state index in [0.717, 1.165) is 12.1 Å². The van der Waals surface area contributed by atoms with E-state index in [4.69, 9.17) is 0 Å². The van der Waals surface area contributed by atoms with Gasteiger partial charge in [-0.2, -0.15) is 0 Å². The summed E-state index contributed by atoms with van der Waals surface area (Å²) in [5, 5.41) is 0. The molecule has 0 aromatic carbocycles. The first-order valence-electron chi connectivity index (χ1n) is 5.47. The number of nitrogens with zero attached hydrogens (tertiary/aromatic N) is 3.